The van der Waals surface area contributed by atoms with Crippen LogP contribution in [0.25, 0.3) is 11.1 Å². The zero-order valence-electron chi connectivity index (χ0n) is 12.9. The summed E-state index contributed by atoms with van der Waals surface area (Å²) in [6.45, 7) is 5.65. The van der Waals surface area contributed by atoms with Gasteiger partial charge in [0.2, 0.25) is 0 Å². The Morgan fingerprint density at radius 3 is 1.76 bits per heavy atom. The number of benzene rings is 2. The summed E-state index contributed by atoms with van der Waals surface area (Å²) < 4.78 is 11.6. The normalized spacial score (nSPS) is 10.6. The fourth-order valence-electron chi connectivity index (χ4n) is 2.15. The van der Waals surface area contributed by atoms with E-state index in [1.165, 1.54) is 11.1 Å². The number of rotatable bonds is 8. The molecular formula is C18H23BO2. The molecule has 0 aromatic heterocycles. The molecule has 2 aromatic carbocycles. The van der Waals surface area contributed by atoms with Crippen molar-refractivity contribution in [2.45, 2.75) is 26.7 Å². The molecule has 0 saturated heterocycles. The van der Waals surface area contributed by atoms with Gasteiger partial charge >= 0.3 is 7.12 Å². The largest absolute Gasteiger partial charge is 0.493 e. The molecule has 0 spiro atoms. The lowest BCUT2D eigenvalue weighted by atomic mass is 9.78. The SMILES string of the molecule is CCCOB(OCCC)c1ccc(-c2ccccc2)cc1. The highest BCUT2D eigenvalue weighted by Crippen LogP contribution is 2.17. The highest BCUT2D eigenvalue weighted by molar-refractivity contribution is 6.61. The summed E-state index contributed by atoms with van der Waals surface area (Å²) in [7, 11) is -0.255. The maximum absolute atomic E-state index is 5.80. The van der Waals surface area contributed by atoms with Gasteiger partial charge in [0, 0.05) is 13.2 Å². The standard InChI is InChI=1S/C18H23BO2/c1-3-14-20-19(21-15-4-2)18-12-10-17(11-13-18)16-8-6-5-7-9-16/h5-13H,3-4,14-15H2,1-2H3. The minimum atomic E-state index is -0.255. The van der Waals surface area contributed by atoms with Gasteiger partial charge in [0.15, 0.2) is 0 Å². The predicted molar refractivity (Wildman–Crippen MR) is 89.8 cm³/mol. The van der Waals surface area contributed by atoms with Gasteiger partial charge in [-0.1, -0.05) is 68.4 Å². The second kappa shape index (κ2) is 8.65. The molecule has 2 rings (SSSR count). The van der Waals surface area contributed by atoms with Crippen LogP contribution < -0.4 is 5.46 Å². The minimum Gasteiger partial charge on any atom is -0.407 e. The Balaban J connectivity index is 2.11. The monoisotopic (exact) mass is 282 g/mol. The van der Waals surface area contributed by atoms with Crippen LogP contribution in [0.5, 0.6) is 0 Å². The molecule has 0 aliphatic heterocycles. The van der Waals surface area contributed by atoms with E-state index < -0.39 is 0 Å². The quantitative estimate of drug-likeness (QED) is 0.684. The van der Waals surface area contributed by atoms with Crippen LogP contribution in [0.15, 0.2) is 54.6 Å². The van der Waals surface area contributed by atoms with E-state index in [0.717, 1.165) is 31.5 Å². The fraction of sp³-hybridized carbons (Fsp3) is 0.333. The van der Waals surface area contributed by atoms with Crippen molar-refractivity contribution in [3.05, 3.63) is 54.6 Å². The second-order valence-corrected chi connectivity index (χ2v) is 5.06. The van der Waals surface area contributed by atoms with Gasteiger partial charge in [0.25, 0.3) is 0 Å². The summed E-state index contributed by atoms with van der Waals surface area (Å²) in [5.74, 6) is 0. The molecule has 0 heterocycles. The summed E-state index contributed by atoms with van der Waals surface area (Å²) in [6, 6.07) is 18.8. The van der Waals surface area contributed by atoms with E-state index in [-0.39, 0.29) is 7.12 Å². The van der Waals surface area contributed by atoms with E-state index in [2.05, 4.69) is 62.4 Å². The molecule has 3 heteroatoms. The summed E-state index contributed by atoms with van der Waals surface area (Å²) in [5, 5.41) is 0. The molecule has 2 aromatic rings. The van der Waals surface area contributed by atoms with Crippen molar-refractivity contribution in [3.8, 4) is 11.1 Å². The Morgan fingerprint density at radius 1 is 0.714 bits per heavy atom. The molecular weight excluding hydrogens is 259 g/mol. The molecule has 0 N–H and O–H groups in total. The van der Waals surface area contributed by atoms with Gasteiger partial charge in [-0.2, -0.15) is 0 Å². The highest BCUT2D eigenvalue weighted by atomic mass is 16.6. The van der Waals surface area contributed by atoms with Crippen molar-refractivity contribution in [3.63, 3.8) is 0 Å². The van der Waals surface area contributed by atoms with Crippen molar-refractivity contribution < 1.29 is 9.31 Å². The molecule has 0 aliphatic rings. The second-order valence-electron chi connectivity index (χ2n) is 5.06. The Bertz CT molecular complexity index is 503. The molecule has 0 saturated carbocycles. The summed E-state index contributed by atoms with van der Waals surface area (Å²) in [5.41, 5.74) is 3.52. The maximum atomic E-state index is 5.80. The lowest BCUT2D eigenvalue weighted by molar-refractivity contribution is 0.207. The first-order valence-corrected chi connectivity index (χ1v) is 7.73. The van der Waals surface area contributed by atoms with E-state index in [1.807, 2.05) is 6.07 Å². The van der Waals surface area contributed by atoms with E-state index in [1.54, 1.807) is 0 Å². The smallest absolute Gasteiger partial charge is 0.407 e. The van der Waals surface area contributed by atoms with Gasteiger partial charge in [0.1, 0.15) is 0 Å². The third-order valence-corrected chi connectivity index (χ3v) is 3.24. The van der Waals surface area contributed by atoms with Crippen molar-refractivity contribution in [2.24, 2.45) is 0 Å². The lowest BCUT2D eigenvalue weighted by Crippen LogP contribution is -2.37. The van der Waals surface area contributed by atoms with Gasteiger partial charge < -0.3 is 9.31 Å². The fourth-order valence-corrected chi connectivity index (χ4v) is 2.15. The first-order chi connectivity index (χ1) is 10.3. The Labute approximate surface area is 128 Å². The Hall–Kier alpha value is -1.58. The van der Waals surface area contributed by atoms with Gasteiger partial charge in [-0.05, 0) is 29.4 Å². The molecule has 0 radical (unpaired) electrons. The van der Waals surface area contributed by atoms with Crippen LogP contribution in [-0.4, -0.2) is 20.3 Å². The van der Waals surface area contributed by atoms with Crippen LogP contribution in [0.4, 0.5) is 0 Å². The number of hydrogen-bond donors (Lipinski definition) is 0. The van der Waals surface area contributed by atoms with E-state index >= 15 is 0 Å². The predicted octanol–water partition coefficient (Wildman–Crippen LogP) is 3.90. The average molecular weight is 282 g/mol. The Kier molecular flexibility index (Phi) is 6.51. The minimum absolute atomic E-state index is 0.255. The molecule has 2 nitrogen and oxygen atoms in total. The van der Waals surface area contributed by atoms with Gasteiger partial charge in [-0.3, -0.25) is 0 Å². The zero-order chi connectivity index (χ0) is 14.9. The van der Waals surface area contributed by atoms with Crippen LogP contribution in [0.3, 0.4) is 0 Å². The van der Waals surface area contributed by atoms with E-state index in [9.17, 15) is 0 Å². The molecule has 21 heavy (non-hydrogen) atoms. The van der Waals surface area contributed by atoms with E-state index in [4.69, 9.17) is 9.31 Å². The Morgan fingerprint density at radius 2 is 1.24 bits per heavy atom. The topological polar surface area (TPSA) is 18.5 Å². The van der Waals surface area contributed by atoms with Crippen molar-refractivity contribution in [2.75, 3.05) is 13.2 Å². The number of hydrogen-bond acceptors (Lipinski definition) is 2. The summed E-state index contributed by atoms with van der Waals surface area (Å²) in [4.78, 5) is 0. The molecule has 0 bridgehead atoms. The third kappa shape index (κ3) is 4.73. The summed E-state index contributed by atoms with van der Waals surface area (Å²) >= 11 is 0. The summed E-state index contributed by atoms with van der Waals surface area (Å²) in [6.07, 6.45) is 1.99. The average Bonchev–Trinajstić information content (AvgIpc) is 2.56. The lowest BCUT2D eigenvalue weighted by Gasteiger charge is -2.14. The van der Waals surface area contributed by atoms with Crippen LogP contribution in [-0.2, 0) is 9.31 Å². The van der Waals surface area contributed by atoms with Gasteiger partial charge in [0.05, 0.1) is 0 Å². The molecule has 0 atom stereocenters. The van der Waals surface area contributed by atoms with E-state index in [0.29, 0.717) is 0 Å². The molecule has 0 unspecified atom stereocenters. The van der Waals surface area contributed by atoms with Crippen molar-refractivity contribution in [1.82, 2.24) is 0 Å². The van der Waals surface area contributed by atoms with Gasteiger partial charge in [-0.25, -0.2) is 0 Å². The molecule has 110 valence electrons. The zero-order valence-corrected chi connectivity index (χ0v) is 12.9. The van der Waals surface area contributed by atoms with Crippen LogP contribution in [0.1, 0.15) is 26.7 Å². The maximum Gasteiger partial charge on any atom is 0.493 e. The van der Waals surface area contributed by atoms with Crippen molar-refractivity contribution >= 4 is 12.6 Å². The molecule has 0 aliphatic carbocycles. The molecule has 0 fully saturated rings. The van der Waals surface area contributed by atoms with Crippen LogP contribution in [0.2, 0.25) is 0 Å². The molecule has 0 amide bonds. The van der Waals surface area contributed by atoms with Crippen LogP contribution in [0, 0.1) is 0 Å². The van der Waals surface area contributed by atoms with Crippen molar-refractivity contribution in [1.29, 1.82) is 0 Å². The highest BCUT2D eigenvalue weighted by Gasteiger charge is 2.20. The third-order valence-electron chi connectivity index (χ3n) is 3.24. The van der Waals surface area contributed by atoms with Crippen LogP contribution >= 0.6 is 0 Å². The first kappa shape index (κ1) is 15.8. The van der Waals surface area contributed by atoms with Gasteiger partial charge in [-0.15, -0.1) is 0 Å². The first-order valence-electron chi connectivity index (χ1n) is 7.73.